The molecule has 4 N–H and O–H groups in total. The summed E-state index contributed by atoms with van der Waals surface area (Å²) in [4.78, 5) is 18.6. The summed E-state index contributed by atoms with van der Waals surface area (Å²) < 4.78 is 35.5. The average molecular weight is 510 g/mol. The van der Waals surface area contributed by atoms with Gasteiger partial charge in [0.05, 0.1) is 32.0 Å². The zero-order chi connectivity index (χ0) is 25.3. The van der Waals surface area contributed by atoms with Gasteiger partial charge in [0.25, 0.3) is 0 Å². The lowest BCUT2D eigenvalue weighted by Gasteiger charge is -2.34. The molecule has 3 aromatic rings. The van der Waals surface area contributed by atoms with E-state index in [0.717, 1.165) is 30.2 Å². The largest absolute Gasteiger partial charge is 0.494 e. The van der Waals surface area contributed by atoms with E-state index in [1.807, 2.05) is 30.3 Å². The normalized spacial score (nSPS) is 13.7. The fraction of sp³-hybridized carbons (Fsp3) is 0.440. The number of nitrogens with zero attached hydrogens (tertiary/aromatic N) is 1. The van der Waals surface area contributed by atoms with Gasteiger partial charge < -0.3 is 29.3 Å². The van der Waals surface area contributed by atoms with Crippen molar-refractivity contribution in [3.8, 4) is 11.6 Å². The van der Waals surface area contributed by atoms with E-state index in [-0.39, 0.29) is 19.0 Å². The fourth-order valence-electron chi connectivity index (χ4n) is 4.04. The third-order valence-corrected chi connectivity index (χ3v) is 6.57. The van der Waals surface area contributed by atoms with Crippen molar-refractivity contribution in [3.05, 3.63) is 60.3 Å². The number of aliphatic hydroxyl groups excluding tert-OH is 1. The highest BCUT2D eigenvalue weighted by molar-refractivity contribution is 7.46. The lowest BCUT2D eigenvalue weighted by molar-refractivity contribution is 0.0470. The first-order chi connectivity index (χ1) is 16.8. The minimum Gasteiger partial charge on any atom is -0.494 e. The second-order valence-electron chi connectivity index (χ2n) is 8.65. The van der Waals surface area contributed by atoms with Gasteiger partial charge in [-0.15, -0.1) is 0 Å². The molecule has 3 rings (SSSR count). The van der Waals surface area contributed by atoms with Gasteiger partial charge in [-0.25, -0.2) is 4.57 Å². The van der Waals surface area contributed by atoms with Crippen LogP contribution in [-0.4, -0.2) is 51.1 Å². The van der Waals surface area contributed by atoms with Crippen molar-refractivity contribution in [1.82, 2.24) is 4.57 Å². The number of phosphoric ester groups is 1. The first-order valence-electron chi connectivity index (χ1n) is 11.7. The third kappa shape index (κ3) is 7.53. The van der Waals surface area contributed by atoms with Crippen molar-refractivity contribution in [2.24, 2.45) is 0 Å². The second kappa shape index (κ2) is 12.5. The quantitative estimate of drug-likeness (QED) is 0.173. The van der Waals surface area contributed by atoms with Crippen LogP contribution < -0.4 is 4.74 Å². The number of hydrogen-bond acceptors (Lipinski definition) is 5. The standard InChI is InChI=1S/C25H33FNO7P/c26-15-5-1-2-6-16-33-22-11-9-20(10-12-22)13-14-25(18-28,19-34-35(30,31)32)27-17-21-7-3-4-8-23(21)24(27)29/h3-4,7-12,17,28-29H,1-2,5-6,13-16,18-19H2,(H2,30,31,32)/t25-/m0/s1. The Balaban J connectivity index is 1.72. The molecule has 1 aromatic heterocycles. The van der Waals surface area contributed by atoms with E-state index in [9.17, 15) is 29.0 Å². The first-order valence-corrected chi connectivity index (χ1v) is 13.2. The molecule has 10 heteroatoms. The van der Waals surface area contributed by atoms with E-state index >= 15 is 0 Å². The molecule has 35 heavy (non-hydrogen) atoms. The number of fused-ring (bicyclic) bond motifs is 1. The predicted octanol–water partition coefficient (Wildman–Crippen LogP) is 4.69. The Hall–Kier alpha value is -2.42. The van der Waals surface area contributed by atoms with Crippen LogP contribution >= 0.6 is 7.82 Å². The molecule has 0 bridgehead atoms. The number of aryl methyl sites for hydroxylation is 1. The van der Waals surface area contributed by atoms with Crippen molar-refractivity contribution in [2.75, 3.05) is 26.5 Å². The van der Waals surface area contributed by atoms with E-state index in [4.69, 9.17) is 9.26 Å². The minimum absolute atomic E-state index is 0.112. The summed E-state index contributed by atoms with van der Waals surface area (Å²) in [7, 11) is -4.81. The van der Waals surface area contributed by atoms with E-state index in [1.165, 1.54) is 4.57 Å². The highest BCUT2D eigenvalue weighted by Gasteiger charge is 2.36. The van der Waals surface area contributed by atoms with Crippen molar-refractivity contribution < 1.29 is 38.2 Å². The average Bonchev–Trinajstić information content (AvgIpc) is 3.19. The number of halogens is 1. The maximum atomic E-state index is 12.1. The molecular weight excluding hydrogens is 476 g/mol. The molecule has 1 atom stereocenters. The lowest BCUT2D eigenvalue weighted by Crippen LogP contribution is -2.42. The van der Waals surface area contributed by atoms with Gasteiger partial charge in [0, 0.05) is 17.0 Å². The van der Waals surface area contributed by atoms with Crippen LogP contribution in [0.5, 0.6) is 11.6 Å². The van der Waals surface area contributed by atoms with Gasteiger partial charge >= 0.3 is 7.82 Å². The SMILES string of the molecule is O=P(O)(O)OC[C@@](CO)(CCc1ccc(OCCCCCCF)cc1)n1cc2ccccc2c1O. The van der Waals surface area contributed by atoms with Crippen molar-refractivity contribution >= 4 is 18.6 Å². The highest BCUT2D eigenvalue weighted by Crippen LogP contribution is 2.41. The molecular formula is C25H33FNO7P. The summed E-state index contributed by atoms with van der Waals surface area (Å²) in [6.45, 7) is -0.734. The number of benzene rings is 2. The molecule has 0 aliphatic rings. The molecule has 0 amide bonds. The smallest absolute Gasteiger partial charge is 0.469 e. The lowest BCUT2D eigenvalue weighted by atomic mass is 9.92. The molecule has 0 unspecified atom stereocenters. The molecule has 0 saturated carbocycles. The Morgan fingerprint density at radius 3 is 2.37 bits per heavy atom. The Morgan fingerprint density at radius 1 is 1.00 bits per heavy atom. The maximum Gasteiger partial charge on any atom is 0.469 e. The summed E-state index contributed by atoms with van der Waals surface area (Å²) >= 11 is 0. The molecule has 0 aliphatic carbocycles. The first kappa shape index (κ1) is 27.2. The fourth-order valence-corrected chi connectivity index (χ4v) is 4.45. The molecule has 0 fully saturated rings. The van der Waals surface area contributed by atoms with Crippen LogP contribution in [0.25, 0.3) is 10.8 Å². The Kier molecular flexibility index (Phi) is 9.71. The highest BCUT2D eigenvalue weighted by atomic mass is 31.2. The number of aliphatic hydroxyl groups is 1. The van der Waals surface area contributed by atoms with Crippen LogP contribution in [0.3, 0.4) is 0 Å². The summed E-state index contributed by atoms with van der Waals surface area (Å²) in [6.07, 6.45) is 5.55. The van der Waals surface area contributed by atoms with E-state index in [1.54, 1.807) is 24.4 Å². The number of aromatic hydroxyl groups is 1. The maximum absolute atomic E-state index is 12.1. The zero-order valence-corrected chi connectivity index (χ0v) is 20.4. The summed E-state index contributed by atoms with van der Waals surface area (Å²) in [5.74, 6) is 0.603. The molecule has 0 aliphatic heterocycles. The summed E-state index contributed by atoms with van der Waals surface area (Å²) in [5, 5.41) is 22.5. The number of aromatic nitrogens is 1. The Morgan fingerprint density at radius 2 is 1.71 bits per heavy atom. The van der Waals surface area contributed by atoms with E-state index < -0.39 is 26.6 Å². The summed E-state index contributed by atoms with van der Waals surface area (Å²) in [5.41, 5.74) is -0.385. The molecule has 0 spiro atoms. The van der Waals surface area contributed by atoms with Crippen LogP contribution in [0.1, 0.15) is 37.7 Å². The van der Waals surface area contributed by atoms with Crippen LogP contribution in [0.2, 0.25) is 0 Å². The minimum atomic E-state index is -4.81. The topological polar surface area (TPSA) is 121 Å². The molecule has 0 radical (unpaired) electrons. The van der Waals surface area contributed by atoms with Gasteiger partial charge in [-0.3, -0.25) is 8.91 Å². The van der Waals surface area contributed by atoms with Gasteiger partial charge in [-0.05, 0) is 55.9 Å². The number of ether oxygens (including phenoxy) is 1. The third-order valence-electron chi connectivity index (χ3n) is 6.10. The van der Waals surface area contributed by atoms with Crippen molar-refractivity contribution in [3.63, 3.8) is 0 Å². The van der Waals surface area contributed by atoms with Crippen molar-refractivity contribution in [2.45, 2.75) is 44.1 Å². The van der Waals surface area contributed by atoms with Crippen LogP contribution in [0, 0.1) is 0 Å². The van der Waals surface area contributed by atoms with Crippen LogP contribution in [0.15, 0.2) is 54.7 Å². The molecule has 192 valence electrons. The number of unbranched alkanes of at least 4 members (excludes halogenated alkanes) is 3. The predicted molar refractivity (Wildman–Crippen MR) is 131 cm³/mol. The molecule has 2 aromatic carbocycles. The van der Waals surface area contributed by atoms with Gasteiger partial charge in [0.2, 0.25) is 0 Å². The van der Waals surface area contributed by atoms with Crippen LogP contribution in [-0.2, 0) is 21.0 Å². The summed E-state index contributed by atoms with van der Waals surface area (Å²) in [6, 6.07) is 14.6. The van der Waals surface area contributed by atoms with E-state index in [0.29, 0.717) is 30.6 Å². The molecule has 8 nitrogen and oxygen atoms in total. The van der Waals surface area contributed by atoms with Gasteiger partial charge in [-0.1, -0.05) is 36.8 Å². The van der Waals surface area contributed by atoms with Gasteiger partial charge in [0.1, 0.15) is 5.75 Å². The Labute approximate surface area is 204 Å². The number of alkyl halides is 1. The number of rotatable bonds is 15. The Bertz CT molecular complexity index is 1110. The van der Waals surface area contributed by atoms with Crippen molar-refractivity contribution in [1.29, 1.82) is 0 Å². The molecule has 0 saturated heterocycles. The van der Waals surface area contributed by atoms with Gasteiger partial charge in [0.15, 0.2) is 5.88 Å². The second-order valence-corrected chi connectivity index (χ2v) is 9.89. The van der Waals surface area contributed by atoms with E-state index in [2.05, 4.69) is 0 Å². The number of phosphoric acid groups is 1. The monoisotopic (exact) mass is 509 g/mol. The van der Waals surface area contributed by atoms with Crippen LogP contribution in [0.4, 0.5) is 4.39 Å². The zero-order valence-electron chi connectivity index (χ0n) is 19.6. The van der Waals surface area contributed by atoms with Gasteiger partial charge in [-0.2, -0.15) is 0 Å². The number of hydrogen-bond donors (Lipinski definition) is 4. The molecule has 1 heterocycles.